The molecule has 0 heterocycles. The van der Waals surface area contributed by atoms with E-state index in [1.165, 1.54) is 24.3 Å². The quantitative estimate of drug-likeness (QED) is 0.808. The molecule has 0 unspecified atom stereocenters. The van der Waals surface area contributed by atoms with Crippen LogP contribution in [0.25, 0.3) is 0 Å². The molecule has 2 rings (SSSR count). The average Bonchev–Trinajstić information content (AvgIpc) is 2.41. The average molecular weight is 390 g/mol. The molecular formula is C14H9F2IO3. The molecule has 0 fully saturated rings. The van der Waals surface area contributed by atoms with Crippen LogP contribution in [0.2, 0.25) is 0 Å². The smallest absolute Gasteiger partial charge is 0.339 e. The van der Waals surface area contributed by atoms with Gasteiger partial charge in [-0.3, -0.25) is 0 Å². The normalized spacial score (nSPS) is 10.3. The minimum Gasteiger partial charge on any atom is -0.488 e. The summed E-state index contributed by atoms with van der Waals surface area (Å²) in [5, 5.41) is 9.07. The summed E-state index contributed by atoms with van der Waals surface area (Å²) in [4.78, 5) is 11.1. The van der Waals surface area contributed by atoms with Gasteiger partial charge < -0.3 is 9.84 Å². The number of hydrogen-bond acceptors (Lipinski definition) is 2. The van der Waals surface area contributed by atoms with E-state index in [9.17, 15) is 13.6 Å². The van der Waals surface area contributed by atoms with Crippen LogP contribution in [0, 0.1) is 15.2 Å². The van der Waals surface area contributed by atoms with Crippen molar-refractivity contribution in [1.82, 2.24) is 0 Å². The van der Waals surface area contributed by atoms with Crippen LogP contribution in [-0.2, 0) is 6.61 Å². The third-order valence-corrected chi connectivity index (χ3v) is 3.26. The number of halogens is 3. The molecule has 0 aromatic heterocycles. The number of carbonyl (C=O) groups is 1. The van der Waals surface area contributed by atoms with Crippen LogP contribution in [0.5, 0.6) is 5.75 Å². The first-order chi connectivity index (χ1) is 9.49. The minimum atomic E-state index is -1.14. The molecule has 0 saturated carbocycles. The fourth-order valence-electron chi connectivity index (χ4n) is 1.61. The van der Waals surface area contributed by atoms with Gasteiger partial charge in [-0.1, -0.05) is 12.1 Å². The first kappa shape index (κ1) is 14.7. The van der Waals surface area contributed by atoms with Crippen molar-refractivity contribution < 1.29 is 23.4 Å². The Bertz CT molecular complexity index is 659. The van der Waals surface area contributed by atoms with E-state index in [-0.39, 0.29) is 23.5 Å². The van der Waals surface area contributed by atoms with E-state index in [0.717, 1.165) is 9.64 Å². The third kappa shape index (κ3) is 3.24. The zero-order valence-electron chi connectivity index (χ0n) is 10.1. The number of carboxylic acid groups (broad SMARTS) is 1. The molecule has 1 N–H and O–H groups in total. The van der Waals surface area contributed by atoms with Gasteiger partial charge in [0.15, 0.2) is 11.6 Å². The molecule has 2 aromatic rings. The fraction of sp³-hybridized carbons (Fsp3) is 0.0714. The van der Waals surface area contributed by atoms with Gasteiger partial charge in [-0.05, 0) is 46.9 Å². The van der Waals surface area contributed by atoms with Crippen molar-refractivity contribution >= 4 is 28.6 Å². The zero-order chi connectivity index (χ0) is 14.7. The number of ether oxygens (including phenoxy) is 1. The van der Waals surface area contributed by atoms with Gasteiger partial charge >= 0.3 is 5.97 Å². The first-order valence-corrected chi connectivity index (χ1v) is 6.65. The molecule has 104 valence electrons. The Morgan fingerprint density at radius 2 is 2.00 bits per heavy atom. The second-order valence-corrected chi connectivity index (χ2v) is 5.19. The Morgan fingerprint density at radius 1 is 1.25 bits per heavy atom. The Hall–Kier alpha value is -1.70. The first-order valence-electron chi connectivity index (χ1n) is 5.57. The fourth-order valence-corrected chi connectivity index (χ4v) is 2.10. The third-order valence-electron chi connectivity index (χ3n) is 2.59. The zero-order valence-corrected chi connectivity index (χ0v) is 12.2. The van der Waals surface area contributed by atoms with Crippen LogP contribution in [-0.4, -0.2) is 11.1 Å². The number of aromatic carboxylic acids is 1. The standard InChI is InChI=1S/C14H9F2IO3/c15-11-3-1-2-8(13(11)16)7-20-12-5-4-9(17)6-10(12)14(18)19/h1-6H,7H2,(H,18,19). The van der Waals surface area contributed by atoms with Gasteiger partial charge in [0.2, 0.25) is 0 Å². The van der Waals surface area contributed by atoms with Crippen LogP contribution in [0.4, 0.5) is 8.78 Å². The molecule has 0 aliphatic rings. The van der Waals surface area contributed by atoms with E-state index >= 15 is 0 Å². The number of carboxylic acids is 1. The topological polar surface area (TPSA) is 46.5 Å². The largest absolute Gasteiger partial charge is 0.488 e. The predicted molar refractivity (Wildman–Crippen MR) is 76.8 cm³/mol. The molecule has 0 amide bonds. The van der Waals surface area contributed by atoms with Crippen molar-refractivity contribution in [1.29, 1.82) is 0 Å². The molecule has 2 aromatic carbocycles. The van der Waals surface area contributed by atoms with E-state index < -0.39 is 17.6 Å². The van der Waals surface area contributed by atoms with E-state index in [4.69, 9.17) is 9.84 Å². The molecule has 0 radical (unpaired) electrons. The monoisotopic (exact) mass is 390 g/mol. The molecule has 0 saturated heterocycles. The summed E-state index contributed by atoms with van der Waals surface area (Å²) in [7, 11) is 0. The lowest BCUT2D eigenvalue weighted by Gasteiger charge is -2.10. The highest BCUT2D eigenvalue weighted by Gasteiger charge is 2.13. The summed E-state index contributed by atoms with van der Waals surface area (Å²) < 4.78 is 32.5. The summed E-state index contributed by atoms with van der Waals surface area (Å²) in [6.45, 7) is -0.246. The SMILES string of the molecule is O=C(O)c1cc(I)ccc1OCc1cccc(F)c1F. The second-order valence-electron chi connectivity index (χ2n) is 3.95. The molecule has 3 nitrogen and oxygen atoms in total. The molecular weight excluding hydrogens is 381 g/mol. The highest BCUT2D eigenvalue weighted by Crippen LogP contribution is 2.23. The summed E-state index contributed by atoms with van der Waals surface area (Å²) in [5.41, 5.74) is 0.00796. The Kier molecular flexibility index (Phi) is 4.53. The number of benzene rings is 2. The van der Waals surface area contributed by atoms with Gasteiger partial charge in [-0.25, -0.2) is 13.6 Å². The van der Waals surface area contributed by atoms with Crippen LogP contribution >= 0.6 is 22.6 Å². The van der Waals surface area contributed by atoms with Crippen molar-refractivity contribution in [2.75, 3.05) is 0 Å². The van der Waals surface area contributed by atoms with Gasteiger partial charge in [-0.15, -0.1) is 0 Å². The van der Waals surface area contributed by atoms with Crippen LogP contribution in [0.3, 0.4) is 0 Å². The molecule has 6 heteroatoms. The summed E-state index contributed by atoms with van der Waals surface area (Å²) in [6.07, 6.45) is 0. The molecule has 0 aliphatic heterocycles. The van der Waals surface area contributed by atoms with E-state index in [0.29, 0.717) is 0 Å². The van der Waals surface area contributed by atoms with E-state index in [1.54, 1.807) is 6.07 Å². The van der Waals surface area contributed by atoms with E-state index in [1.807, 2.05) is 22.6 Å². The Morgan fingerprint density at radius 3 is 2.70 bits per heavy atom. The lowest BCUT2D eigenvalue weighted by atomic mass is 10.2. The molecule has 0 atom stereocenters. The molecule has 0 bridgehead atoms. The maximum Gasteiger partial charge on any atom is 0.339 e. The summed E-state index contributed by atoms with van der Waals surface area (Å²) >= 11 is 1.98. The molecule has 0 spiro atoms. The maximum absolute atomic E-state index is 13.5. The molecule has 20 heavy (non-hydrogen) atoms. The second kappa shape index (κ2) is 6.17. The van der Waals surface area contributed by atoms with Crippen molar-refractivity contribution in [2.45, 2.75) is 6.61 Å². The lowest BCUT2D eigenvalue weighted by molar-refractivity contribution is 0.0691. The maximum atomic E-state index is 13.5. The highest BCUT2D eigenvalue weighted by atomic mass is 127. The van der Waals surface area contributed by atoms with Gasteiger partial charge in [0, 0.05) is 9.13 Å². The highest BCUT2D eigenvalue weighted by molar-refractivity contribution is 14.1. The lowest BCUT2D eigenvalue weighted by Crippen LogP contribution is -2.05. The van der Waals surface area contributed by atoms with Crippen molar-refractivity contribution in [3.8, 4) is 5.75 Å². The van der Waals surface area contributed by atoms with Gasteiger partial charge in [0.25, 0.3) is 0 Å². The van der Waals surface area contributed by atoms with Crippen molar-refractivity contribution in [2.24, 2.45) is 0 Å². The van der Waals surface area contributed by atoms with E-state index in [2.05, 4.69) is 0 Å². The number of rotatable bonds is 4. The Labute approximate surface area is 127 Å². The predicted octanol–water partition coefficient (Wildman–Crippen LogP) is 3.85. The Balaban J connectivity index is 2.23. The van der Waals surface area contributed by atoms with Crippen LogP contribution in [0.1, 0.15) is 15.9 Å². The van der Waals surface area contributed by atoms with Gasteiger partial charge in [0.1, 0.15) is 17.9 Å². The summed E-state index contributed by atoms with van der Waals surface area (Å²) in [6, 6.07) is 8.36. The van der Waals surface area contributed by atoms with Crippen molar-refractivity contribution in [3.63, 3.8) is 0 Å². The van der Waals surface area contributed by atoms with Crippen molar-refractivity contribution in [3.05, 3.63) is 62.7 Å². The van der Waals surface area contributed by atoms with Gasteiger partial charge in [-0.2, -0.15) is 0 Å². The van der Waals surface area contributed by atoms with Crippen LogP contribution in [0.15, 0.2) is 36.4 Å². The minimum absolute atomic E-state index is 0.0197. The molecule has 0 aliphatic carbocycles. The van der Waals surface area contributed by atoms with Gasteiger partial charge in [0.05, 0.1) is 0 Å². The number of hydrogen-bond donors (Lipinski definition) is 1. The summed E-state index contributed by atoms with van der Waals surface area (Å²) in [5.74, 6) is -2.98. The van der Waals surface area contributed by atoms with Crippen LogP contribution < -0.4 is 4.74 Å².